The number of nitrogens with zero attached hydrogens (tertiary/aromatic N) is 2. The SMILES string of the molecule is Cc1cc(Cn2cc(CN)c3ccc(Cl)cc32)on1. The summed E-state index contributed by atoms with van der Waals surface area (Å²) in [4.78, 5) is 0. The van der Waals surface area contributed by atoms with Gasteiger partial charge in [0.05, 0.1) is 17.8 Å². The lowest BCUT2D eigenvalue weighted by atomic mass is 10.2. The Bertz CT molecular complexity index is 729. The predicted octanol–water partition coefficient (Wildman–Crippen LogP) is 3.10. The Kier molecular flexibility index (Phi) is 3.05. The third kappa shape index (κ3) is 2.25. The molecule has 2 heterocycles. The summed E-state index contributed by atoms with van der Waals surface area (Å²) in [6.45, 7) is 3.03. The lowest BCUT2D eigenvalue weighted by Gasteiger charge is -2.02. The van der Waals surface area contributed by atoms with E-state index in [1.165, 1.54) is 0 Å². The summed E-state index contributed by atoms with van der Waals surface area (Å²) in [6.07, 6.45) is 2.04. The summed E-state index contributed by atoms with van der Waals surface area (Å²) in [5, 5.41) is 5.74. The van der Waals surface area contributed by atoms with Crippen LogP contribution in [0.15, 0.2) is 35.0 Å². The van der Waals surface area contributed by atoms with Gasteiger partial charge in [-0.15, -0.1) is 0 Å². The van der Waals surface area contributed by atoms with Gasteiger partial charge in [-0.1, -0.05) is 22.8 Å². The Morgan fingerprint density at radius 1 is 1.37 bits per heavy atom. The zero-order valence-corrected chi connectivity index (χ0v) is 11.3. The van der Waals surface area contributed by atoms with Crippen molar-refractivity contribution in [1.29, 1.82) is 0 Å². The number of aromatic nitrogens is 2. The van der Waals surface area contributed by atoms with E-state index in [0.29, 0.717) is 18.1 Å². The fraction of sp³-hybridized carbons (Fsp3) is 0.214. The minimum atomic E-state index is 0.501. The molecule has 0 saturated carbocycles. The minimum absolute atomic E-state index is 0.501. The number of hydrogen-bond donors (Lipinski definition) is 1. The van der Waals surface area contributed by atoms with Crippen LogP contribution in [0.3, 0.4) is 0 Å². The number of nitrogens with two attached hydrogens (primary N) is 1. The van der Waals surface area contributed by atoms with E-state index in [-0.39, 0.29) is 0 Å². The molecule has 0 aliphatic heterocycles. The van der Waals surface area contributed by atoms with Crippen molar-refractivity contribution in [3.63, 3.8) is 0 Å². The zero-order valence-electron chi connectivity index (χ0n) is 10.6. The maximum Gasteiger partial charge on any atom is 0.156 e. The lowest BCUT2D eigenvalue weighted by molar-refractivity contribution is 0.374. The van der Waals surface area contributed by atoms with Crippen LogP contribution in [0.1, 0.15) is 17.0 Å². The van der Waals surface area contributed by atoms with Crippen LogP contribution < -0.4 is 5.73 Å². The molecule has 1 aromatic carbocycles. The van der Waals surface area contributed by atoms with Crippen molar-refractivity contribution >= 4 is 22.5 Å². The number of hydrogen-bond acceptors (Lipinski definition) is 3. The molecule has 2 aromatic heterocycles. The van der Waals surface area contributed by atoms with Gasteiger partial charge in [0.2, 0.25) is 0 Å². The summed E-state index contributed by atoms with van der Waals surface area (Å²) in [5.74, 6) is 0.818. The van der Waals surface area contributed by atoms with Crippen molar-refractivity contribution in [3.05, 3.63) is 52.5 Å². The first kappa shape index (κ1) is 12.3. The molecule has 0 amide bonds. The standard InChI is InChI=1S/C14H14ClN3O/c1-9-4-12(19-17-9)8-18-7-10(6-16)13-3-2-11(15)5-14(13)18/h2-5,7H,6,8,16H2,1H3. The van der Waals surface area contributed by atoms with Crippen LogP contribution in [0.25, 0.3) is 10.9 Å². The van der Waals surface area contributed by atoms with Crippen molar-refractivity contribution in [2.24, 2.45) is 5.73 Å². The average molecular weight is 276 g/mol. The van der Waals surface area contributed by atoms with Crippen molar-refractivity contribution in [2.45, 2.75) is 20.0 Å². The fourth-order valence-electron chi connectivity index (χ4n) is 2.29. The number of rotatable bonds is 3. The van der Waals surface area contributed by atoms with Gasteiger partial charge in [0.25, 0.3) is 0 Å². The smallest absolute Gasteiger partial charge is 0.156 e. The largest absolute Gasteiger partial charge is 0.359 e. The molecule has 3 aromatic rings. The molecule has 3 rings (SSSR count). The topological polar surface area (TPSA) is 57.0 Å². The fourth-order valence-corrected chi connectivity index (χ4v) is 2.46. The van der Waals surface area contributed by atoms with Crippen molar-refractivity contribution in [1.82, 2.24) is 9.72 Å². The van der Waals surface area contributed by atoms with E-state index in [1.54, 1.807) is 0 Å². The van der Waals surface area contributed by atoms with Crippen LogP contribution in [0, 0.1) is 6.92 Å². The second kappa shape index (κ2) is 4.72. The molecule has 0 unspecified atom stereocenters. The quantitative estimate of drug-likeness (QED) is 0.799. The molecule has 19 heavy (non-hydrogen) atoms. The maximum absolute atomic E-state index is 6.07. The zero-order chi connectivity index (χ0) is 13.4. The van der Waals surface area contributed by atoms with E-state index >= 15 is 0 Å². The van der Waals surface area contributed by atoms with Gasteiger partial charge in [-0.2, -0.15) is 0 Å². The normalized spacial score (nSPS) is 11.3. The molecule has 0 saturated heterocycles. The van der Waals surface area contributed by atoms with E-state index in [0.717, 1.165) is 27.9 Å². The van der Waals surface area contributed by atoms with Crippen LogP contribution in [-0.4, -0.2) is 9.72 Å². The number of fused-ring (bicyclic) bond motifs is 1. The highest BCUT2D eigenvalue weighted by Gasteiger charge is 2.10. The Morgan fingerprint density at radius 2 is 2.21 bits per heavy atom. The van der Waals surface area contributed by atoms with Gasteiger partial charge in [0, 0.05) is 29.2 Å². The summed E-state index contributed by atoms with van der Waals surface area (Å²) in [6, 6.07) is 7.76. The average Bonchev–Trinajstić information content (AvgIpc) is 2.94. The third-order valence-corrected chi connectivity index (χ3v) is 3.38. The van der Waals surface area contributed by atoms with Crippen LogP contribution in [0.4, 0.5) is 0 Å². The van der Waals surface area contributed by atoms with E-state index in [2.05, 4.69) is 9.72 Å². The second-order valence-corrected chi connectivity index (χ2v) is 5.02. The summed E-state index contributed by atoms with van der Waals surface area (Å²) in [5.41, 5.74) is 8.82. The summed E-state index contributed by atoms with van der Waals surface area (Å²) < 4.78 is 7.34. The van der Waals surface area contributed by atoms with E-state index in [9.17, 15) is 0 Å². The summed E-state index contributed by atoms with van der Waals surface area (Å²) >= 11 is 6.07. The van der Waals surface area contributed by atoms with E-state index in [1.807, 2.05) is 37.4 Å². The van der Waals surface area contributed by atoms with E-state index < -0.39 is 0 Å². The predicted molar refractivity (Wildman–Crippen MR) is 75.2 cm³/mol. The third-order valence-electron chi connectivity index (χ3n) is 3.15. The van der Waals surface area contributed by atoms with Gasteiger partial charge < -0.3 is 14.8 Å². The molecule has 0 aliphatic carbocycles. The van der Waals surface area contributed by atoms with Crippen molar-refractivity contribution in [2.75, 3.05) is 0 Å². The van der Waals surface area contributed by atoms with Crippen molar-refractivity contribution in [3.8, 4) is 0 Å². The highest BCUT2D eigenvalue weighted by atomic mass is 35.5. The monoisotopic (exact) mass is 275 g/mol. The number of aryl methyl sites for hydroxylation is 1. The molecule has 98 valence electrons. The molecule has 0 radical (unpaired) electrons. The molecule has 0 aliphatic rings. The van der Waals surface area contributed by atoms with Crippen LogP contribution >= 0.6 is 11.6 Å². The Balaban J connectivity index is 2.09. The van der Waals surface area contributed by atoms with Crippen LogP contribution in [0.2, 0.25) is 5.02 Å². The molecule has 2 N–H and O–H groups in total. The molecule has 0 spiro atoms. The van der Waals surface area contributed by atoms with Gasteiger partial charge in [0.15, 0.2) is 5.76 Å². The Morgan fingerprint density at radius 3 is 2.89 bits per heavy atom. The number of halogens is 1. The molecule has 0 fully saturated rings. The Labute approximate surface area is 115 Å². The molecule has 4 nitrogen and oxygen atoms in total. The minimum Gasteiger partial charge on any atom is -0.359 e. The summed E-state index contributed by atoms with van der Waals surface area (Å²) in [7, 11) is 0. The van der Waals surface area contributed by atoms with Gasteiger partial charge >= 0.3 is 0 Å². The molecule has 0 atom stereocenters. The molecular weight excluding hydrogens is 262 g/mol. The van der Waals surface area contributed by atoms with E-state index in [4.69, 9.17) is 21.9 Å². The van der Waals surface area contributed by atoms with Crippen LogP contribution in [0.5, 0.6) is 0 Å². The molecule has 5 heteroatoms. The van der Waals surface area contributed by atoms with Gasteiger partial charge in [-0.05, 0) is 24.6 Å². The van der Waals surface area contributed by atoms with Gasteiger partial charge in [-0.25, -0.2) is 0 Å². The van der Waals surface area contributed by atoms with Gasteiger partial charge in [0.1, 0.15) is 0 Å². The lowest BCUT2D eigenvalue weighted by Crippen LogP contribution is -1.97. The van der Waals surface area contributed by atoms with Crippen molar-refractivity contribution < 1.29 is 4.52 Å². The Hall–Kier alpha value is -1.78. The highest BCUT2D eigenvalue weighted by molar-refractivity contribution is 6.31. The number of benzene rings is 1. The molecular formula is C14H14ClN3O. The van der Waals surface area contributed by atoms with Gasteiger partial charge in [-0.3, -0.25) is 0 Å². The second-order valence-electron chi connectivity index (χ2n) is 4.58. The first-order valence-corrected chi connectivity index (χ1v) is 6.44. The molecule has 0 bridgehead atoms. The van der Waals surface area contributed by atoms with Crippen LogP contribution in [-0.2, 0) is 13.1 Å². The first-order valence-electron chi connectivity index (χ1n) is 6.07. The first-order chi connectivity index (χ1) is 9.17. The highest BCUT2D eigenvalue weighted by Crippen LogP contribution is 2.25. The maximum atomic E-state index is 6.07.